The normalized spacial score (nSPS) is 24.6. The van der Waals surface area contributed by atoms with Gasteiger partial charge in [-0.1, -0.05) is 28.1 Å². The third kappa shape index (κ3) is 2.68. The zero-order valence-corrected chi connectivity index (χ0v) is 13.3. The third-order valence-corrected chi connectivity index (χ3v) is 5.53. The molecule has 2 N–H and O–H groups in total. The molecular formula is C11H10BrN3O3S2. The Morgan fingerprint density at radius 2 is 2.40 bits per heavy atom. The molecule has 2 heterocycles. The van der Waals surface area contributed by atoms with E-state index in [0.29, 0.717) is 28.1 Å². The van der Waals surface area contributed by atoms with Crippen LogP contribution < -0.4 is 5.32 Å². The second-order valence-electron chi connectivity index (χ2n) is 4.17. The van der Waals surface area contributed by atoms with Crippen LogP contribution in [0, 0.1) is 11.3 Å². The molecule has 0 aliphatic carbocycles. The number of nitrogens with one attached hydrogen (secondary N) is 1. The number of amides is 1. The Hall–Kier alpha value is -1.11. The van der Waals surface area contributed by atoms with Gasteiger partial charge in [-0.3, -0.25) is 9.69 Å². The molecule has 1 amide bonds. The van der Waals surface area contributed by atoms with Gasteiger partial charge in [-0.2, -0.15) is 5.26 Å². The second kappa shape index (κ2) is 6.11. The van der Waals surface area contributed by atoms with Crippen molar-refractivity contribution in [1.82, 2.24) is 10.2 Å². The van der Waals surface area contributed by atoms with E-state index in [9.17, 15) is 9.59 Å². The number of hydrogen-bond donors (Lipinski definition) is 2. The lowest BCUT2D eigenvalue weighted by atomic mass is 10.0. The van der Waals surface area contributed by atoms with Gasteiger partial charge >= 0.3 is 5.97 Å². The number of thioether (sulfide) groups is 1. The standard InChI is InChI=1S/C11H10BrN3O3S2/c12-5-4-20-10-7(14-6(19)2-1-3-13)9(16)15(10)8(5)11(17)18/h7,10H,1-2,4H2,(H,14,19)(H,17,18)/t7?,10-/m1/s1. The van der Waals surface area contributed by atoms with E-state index in [2.05, 4.69) is 21.2 Å². The lowest BCUT2D eigenvalue weighted by Crippen LogP contribution is -2.70. The van der Waals surface area contributed by atoms with Crippen LogP contribution in [0.5, 0.6) is 0 Å². The molecule has 1 unspecified atom stereocenters. The zero-order valence-electron chi connectivity index (χ0n) is 10.1. The van der Waals surface area contributed by atoms with Gasteiger partial charge in [0.2, 0.25) is 0 Å². The van der Waals surface area contributed by atoms with E-state index in [1.165, 1.54) is 16.7 Å². The summed E-state index contributed by atoms with van der Waals surface area (Å²) < 4.78 is 0.505. The Kier molecular flexibility index (Phi) is 4.67. The molecule has 6 nitrogen and oxygen atoms in total. The number of nitrogens with zero attached hydrogens (tertiary/aromatic N) is 2. The summed E-state index contributed by atoms with van der Waals surface area (Å²) in [7, 11) is 0. The molecule has 0 radical (unpaired) electrons. The summed E-state index contributed by atoms with van der Waals surface area (Å²) in [5.74, 6) is -0.934. The molecule has 0 saturated carbocycles. The highest BCUT2D eigenvalue weighted by Gasteiger charge is 2.53. The molecule has 2 aliphatic heterocycles. The lowest BCUT2D eigenvalue weighted by molar-refractivity contribution is -0.148. The van der Waals surface area contributed by atoms with E-state index in [4.69, 9.17) is 22.6 Å². The highest BCUT2D eigenvalue weighted by Crippen LogP contribution is 2.41. The van der Waals surface area contributed by atoms with E-state index in [0.717, 1.165) is 0 Å². The van der Waals surface area contributed by atoms with Crippen molar-refractivity contribution in [3.8, 4) is 6.07 Å². The van der Waals surface area contributed by atoms with Crippen molar-refractivity contribution in [2.75, 3.05) is 5.75 Å². The molecule has 0 spiro atoms. The van der Waals surface area contributed by atoms with Gasteiger partial charge in [0.15, 0.2) is 0 Å². The zero-order chi connectivity index (χ0) is 14.9. The van der Waals surface area contributed by atoms with Crippen molar-refractivity contribution in [3.63, 3.8) is 0 Å². The Labute approximate surface area is 133 Å². The van der Waals surface area contributed by atoms with Crippen LogP contribution >= 0.6 is 39.9 Å². The van der Waals surface area contributed by atoms with Crippen molar-refractivity contribution >= 4 is 56.8 Å². The summed E-state index contributed by atoms with van der Waals surface area (Å²) in [5.41, 5.74) is -0.000238. The van der Waals surface area contributed by atoms with Crippen molar-refractivity contribution < 1.29 is 14.7 Å². The first-order valence-corrected chi connectivity index (χ1v) is 7.95. The molecule has 0 aromatic heterocycles. The minimum absolute atomic E-state index is 0.000238. The van der Waals surface area contributed by atoms with E-state index in [1.54, 1.807) is 0 Å². The van der Waals surface area contributed by atoms with Gasteiger partial charge < -0.3 is 10.4 Å². The van der Waals surface area contributed by atoms with Gasteiger partial charge in [-0.05, 0) is 0 Å². The highest BCUT2D eigenvalue weighted by molar-refractivity contribution is 9.11. The highest BCUT2D eigenvalue weighted by atomic mass is 79.9. The van der Waals surface area contributed by atoms with Crippen LogP contribution in [0.2, 0.25) is 0 Å². The van der Waals surface area contributed by atoms with Crippen molar-refractivity contribution in [1.29, 1.82) is 5.26 Å². The summed E-state index contributed by atoms with van der Waals surface area (Å²) in [4.78, 5) is 25.0. The minimum Gasteiger partial charge on any atom is -0.477 e. The monoisotopic (exact) mass is 375 g/mol. The number of nitriles is 1. The maximum atomic E-state index is 12.1. The fraction of sp³-hybridized carbons (Fsp3) is 0.455. The molecule has 2 aliphatic rings. The van der Waals surface area contributed by atoms with E-state index >= 15 is 0 Å². The molecule has 2 rings (SSSR count). The fourth-order valence-electron chi connectivity index (χ4n) is 2.00. The molecule has 106 valence electrons. The molecule has 0 aromatic carbocycles. The SMILES string of the molecule is N#CCCC(=S)NC1C(=O)N2C(C(=O)O)=C(Br)CS[C@H]12. The van der Waals surface area contributed by atoms with Crippen molar-refractivity contribution in [2.45, 2.75) is 24.3 Å². The topological polar surface area (TPSA) is 93.4 Å². The molecule has 1 fully saturated rings. The van der Waals surface area contributed by atoms with Crippen LogP contribution in [0.4, 0.5) is 0 Å². The smallest absolute Gasteiger partial charge is 0.353 e. The summed E-state index contributed by atoms with van der Waals surface area (Å²) in [6.07, 6.45) is 0.693. The number of β-lactam (4-membered cyclic amide) rings is 1. The number of rotatable bonds is 4. The second-order valence-corrected chi connectivity index (χ2v) is 6.73. The number of fused-ring (bicyclic) bond motifs is 1. The summed E-state index contributed by atoms with van der Waals surface area (Å²) in [6, 6.07) is 1.47. The number of carboxylic acid groups (broad SMARTS) is 1. The fourth-order valence-corrected chi connectivity index (χ4v) is 4.17. The Morgan fingerprint density at radius 3 is 3.00 bits per heavy atom. The number of carbonyl (C=O) groups is 2. The van der Waals surface area contributed by atoms with Crippen LogP contribution in [0.25, 0.3) is 0 Å². The number of aliphatic carboxylic acids is 1. The van der Waals surface area contributed by atoms with Gasteiger partial charge in [0, 0.05) is 23.1 Å². The van der Waals surface area contributed by atoms with Crippen LogP contribution in [0.3, 0.4) is 0 Å². The first kappa shape index (κ1) is 15.3. The molecule has 0 aromatic rings. The predicted molar refractivity (Wildman–Crippen MR) is 81.0 cm³/mol. The van der Waals surface area contributed by atoms with Crippen LogP contribution in [-0.4, -0.2) is 44.0 Å². The number of thiocarbonyl (C=S) groups is 1. The van der Waals surface area contributed by atoms with E-state index in [-0.39, 0.29) is 17.0 Å². The molecular weight excluding hydrogens is 366 g/mol. The molecule has 20 heavy (non-hydrogen) atoms. The van der Waals surface area contributed by atoms with Crippen LogP contribution in [0.15, 0.2) is 10.2 Å². The van der Waals surface area contributed by atoms with Crippen molar-refractivity contribution in [3.05, 3.63) is 10.2 Å². The average Bonchev–Trinajstić information content (AvgIpc) is 2.41. The summed E-state index contributed by atoms with van der Waals surface area (Å²) in [5, 5.41) is 20.3. The summed E-state index contributed by atoms with van der Waals surface area (Å²) in [6.45, 7) is 0. The summed E-state index contributed by atoms with van der Waals surface area (Å²) >= 11 is 9.73. The van der Waals surface area contributed by atoms with Gasteiger partial charge in [0.25, 0.3) is 5.91 Å². The van der Waals surface area contributed by atoms with E-state index < -0.39 is 12.0 Å². The number of hydrogen-bond acceptors (Lipinski definition) is 5. The van der Waals surface area contributed by atoms with Crippen LogP contribution in [0.1, 0.15) is 12.8 Å². The molecule has 2 atom stereocenters. The van der Waals surface area contributed by atoms with E-state index in [1.807, 2.05) is 6.07 Å². The third-order valence-electron chi connectivity index (χ3n) is 2.90. The Bertz CT molecular complexity index is 558. The van der Waals surface area contributed by atoms with Crippen molar-refractivity contribution in [2.24, 2.45) is 0 Å². The number of carbonyl (C=O) groups excluding carboxylic acids is 1. The number of halogens is 1. The van der Waals surface area contributed by atoms with Gasteiger partial charge in [0.1, 0.15) is 17.1 Å². The number of carboxylic acids is 1. The quantitative estimate of drug-likeness (QED) is 0.562. The Balaban J connectivity index is 2.07. The predicted octanol–water partition coefficient (Wildman–Crippen LogP) is 1.18. The van der Waals surface area contributed by atoms with Crippen LogP contribution in [-0.2, 0) is 9.59 Å². The maximum Gasteiger partial charge on any atom is 0.353 e. The molecule has 1 saturated heterocycles. The average molecular weight is 376 g/mol. The first-order valence-electron chi connectivity index (χ1n) is 5.70. The molecule has 9 heteroatoms. The van der Waals surface area contributed by atoms with Gasteiger partial charge in [-0.25, -0.2) is 4.79 Å². The molecule has 0 bridgehead atoms. The maximum absolute atomic E-state index is 12.1. The Morgan fingerprint density at radius 1 is 1.70 bits per heavy atom. The largest absolute Gasteiger partial charge is 0.477 e. The van der Waals surface area contributed by atoms with Gasteiger partial charge in [0.05, 0.1) is 11.1 Å². The first-order chi connectivity index (χ1) is 9.47. The minimum atomic E-state index is -1.12. The lowest BCUT2D eigenvalue weighted by Gasteiger charge is -2.49. The van der Waals surface area contributed by atoms with Gasteiger partial charge in [-0.15, -0.1) is 11.8 Å².